The van der Waals surface area contributed by atoms with Crippen molar-refractivity contribution >= 4 is 10.0 Å². The fraction of sp³-hybridized carbons (Fsp3) is 0.750. The number of hydrogen-bond acceptors (Lipinski definition) is 3. The van der Waals surface area contributed by atoms with E-state index >= 15 is 0 Å². The molecule has 0 saturated carbocycles. The van der Waals surface area contributed by atoms with E-state index in [1.165, 1.54) is 0 Å². The molecule has 5 heteroatoms. The van der Waals surface area contributed by atoms with E-state index < -0.39 is 10.0 Å². The lowest BCUT2D eigenvalue weighted by atomic mass is 10.1. The van der Waals surface area contributed by atoms with E-state index in [4.69, 9.17) is 5.14 Å². The molecule has 0 radical (unpaired) electrons. The minimum Gasteiger partial charge on any atom is -0.300 e. The van der Waals surface area contributed by atoms with Crippen LogP contribution in [0.15, 0.2) is 12.7 Å². The lowest BCUT2D eigenvalue weighted by Crippen LogP contribution is -2.41. The Bertz CT molecular complexity index is 266. The molecule has 1 rings (SSSR count). The van der Waals surface area contributed by atoms with E-state index in [0.717, 1.165) is 19.6 Å². The molecule has 2 N–H and O–H groups in total. The molecule has 0 aromatic heterocycles. The highest BCUT2D eigenvalue weighted by molar-refractivity contribution is 7.89. The Balaban J connectivity index is 2.43. The van der Waals surface area contributed by atoms with Crippen LogP contribution < -0.4 is 5.14 Å². The van der Waals surface area contributed by atoms with E-state index in [1.807, 2.05) is 6.08 Å². The standard InChI is InChI=1S/C8H16N2O2S/c1-2-5-10-6-3-8(4-7-10)13(9,11)12/h2,8H,1,3-7H2,(H2,9,11,12). The van der Waals surface area contributed by atoms with Gasteiger partial charge in [0.2, 0.25) is 10.0 Å². The van der Waals surface area contributed by atoms with Crippen molar-refractivity contribution < 1.29 is 8.42 Å². The van der Waals surface area contributed by atoms with Crippen LogP contribution in [0.4, 0.5) is 0 Å². The van der Waals surface area contributed by atoms with E-state index in [-0.39, 0.29) is 5.25 Å². The van der Waals surface area contributed by atoms with Gasteiger partial charge in [-0.15, -0.1) is 6.58 Å². The topological polar surface area (TPSA) is 63.4 Å². The van der Waals surface area contributed by atoms with Gasteiger partial charge < -0.3 is 0 Å². The minimum absolute atomic E-state index is 0.339. The molecule has 1 heterocycles. The summed E-state index contributed by atoms with van der Waals surface area (Å²) in [6.45, 7) is 6.07. The third-order valence-corrected chi connectivity index (χ3v) is 3.79. The molecule has 0 spiro atoms. The minimum atomic E-state index is -3.32. The molecule has 1 saturated heterocycles. The van der Waals surface area contributed by atoms with Crippen molar-refractivity contribution in [3.8, 4) is 0 Å². The summed E-state index contributed by atoms with van der Waals surface area (Å²) in [6, 6.07) is 0. The summed E-state index contributed by atoms with van der Waals surface area (Å²) in [7, 11) is -3.32. The number of piperidine rings is 1. The average molecular weight is 204 g/mol. The summed E-state index contributed by atoms with van der Waals surface area (Å²) in [5.74, 6) is 0. The lowest BCUT2D eigenvalue weighted by molar-refractivity contribution is 0.252. The van der Waals surface area contributed by atoms with Crippen molar-refractivity contribution in [3.63, 3.8) is 0 Å². The zero-order chi connectivity index (χ0) is 9.90. The molecular formula is C8H16N2O2S. The highest BCUT2D eigenvalue weighted by atomic mass is 32.2. The SMILES string of the molecule is C=CCN1CCC(S(N)(=O)=O)CC1. The highest BCUT2D eigenvalue weighted by Crippen LogP contribution is 2.15. The van der Waals surface area contributed by atoms with E-state index in [2.05, 4.69) is 11.5 Å². The summed E-state index contributed by atoms with van der Waals surface area (Å²) >= 11 is 0. The number of likely N-dealkylation sites (tertiary alicyclic amines) is 1. The van der Waals surface area contributed by atoms with Crippen LogP contribution in [0.1, 0.15) is 12.8 Å². The Morgan fingerprint density at radius 3 is 2.38 bits per heavy atom. The van der Waals surface area contributed by atoms with Crippen molar-refractivity contribution in [3.05, 3.63) is 12.7 Å². The number of sulfonamides is 1. The molecule has 1 aliphatic rings. The van der Waals surface area contributed by atoms with Gasteiger partial charge in [0.25, 0.3) is 0 Å². The van der Waals surface area contributed by atoms with Gasteiger partial charge >= 0.3 is 0 Å². The smallest absolute Gasteiger partial charge is 0.212 e. The third-order valence-electron chi connectivity index (χ3n) is 2.39. The second-order valence-electron chi connectivity index (χ2n) is 3.38. The van der Waals surface area contributed by atoms with Crippen molar-refractivity contribution in [2.75, 3.05) is 19.6 Å². The van der Waals surface area contributed by atoms with Gasteiger partial charge in [-0.25, -0.2) is 13.6 Å². The monoisotopic (exact) mass is 204 g/mol. The Kier molecular flexibility index (Phi) is 3.47. The van der Waals surface area contributed by atoms with Crippen LogP contribution in [0.5, 0.6) is 0 Å². The normalized spacial score (nSPS) is 21.6. The lowest BCUT2D eigenvalue weighted by Gasteiger charge is -2.29. The molecule has 0 amide bonds. The van der Waals surface area contributed by atoms with E-state index in [0.29, 0.717) is 12.8 Å². The molecule has 0 unspecified atom stereocenters. The maximum atomic E-state index is 11.0. The number of nitrogens with zero attached hydrogens (tertiary/aromatic N) is 1. The van der Waals surface area contributed by atoms with Gasteiger partial charge in [-0.05, 0) is 25.9 Å². The maximum absolute atomic E-state index is 11.0. The van der Waals surface area contributed by atoms with Crippen molar-refractivity contribution in [1.29, 1.82) is 0 Å². The molecule has 76 valence electrons. The van der Waals surface area contributed by atoms with Crippen LogP contribution in [0, 0.1) is 0 Å². The molecule has 1 fully saturated rings. The molecule has 0 aromatic carbocycles. The van der Waals surface area contributed by atoms with Crippen LogP contribution in [-0.2, 0) is 10.0 Å². The zero-order valence-corrected chi connectivity index (χ0v) is 8.46. The Hall–Kier alpha value is -0.390. The summed E-state index contributed by atoms with van der Waals surface area (Å²) in [5, 5.41) is 4.72. The number of nitrogens with two attached hydrogens (primary N) is 1. The molecular weight excluding hydrogens is 188 g/mol. The molecule has 0 bridgehead atoms. The van der Waals surface area contributed by atoms with Crippen LogP contribution in [0.2, 0.25) is 0 Å². The van der Waals surface area contributed by atoms with Crippen LogP contribution >= 0.6 is 0 Å². The number of primary sulfonamides is 1. The largest absolute Gasteiger partial charge is 0.300 e. The summed E-state index contributed by atoms with van der Waals surface area (Å²) in [4.78, 5) is 2.18. The van der Waals surface area contributed by atoms with E-state index in [9.17, 15) is 8.42 Å². The zero-order valence-electron chi connectivity index (χ0n) is 7.65. The van der Waals surface area contributed by atoms with Gasteiger partial charge in [0, 0.05) is 6.54 Å². The van der Waals surface area contributed by atoms with Crippen LogP contribution in [0.3, 0.4) is 0 Å². The van der Waals surface area contributed by atoms with Gasteiger partial charge in [-0.2, -0.15) is 0 Å². The Labute approximate surface area is 79.5 Å². The molecule has 13 heavy (non-hydrogen) atoms. The average Bonchev–Trinajstić information content (AvgIpc) is 2.04. The van der Waals surface area contributed by atoms with Crippen molar-refractivity contribution in [2.24, 2.45) is 5.14 Å². The third kappa shape index (κ3) is 3.10. The van der Waals surface area contributed by atoms with Crippen LogP contribution in [0.25, 0.3) is 0 Å². The van der Waals surface area contributed by atoms with Gasteiger partial charge in [0.1, 0.15) is 0 Å². The van der Waals surface area contributed by atoms with Crippen molar-refractivity contribution in [2.45, 2.75) is 18.1 Å². The first-order valence-corrected chi connectivity index (χ1v) is 6.00. The maximum Gasteiger partial charge on any atom is 0.212 e. The fourth-order valence-electron chi connectivity index (χ4n) is 1.60. The quantitative estimate of drug-likeness (QED) is 0.654. The van der Waals surface area contributed by atoms with Crippen molar-refractivity contribution in [1.82, 2.24) is 4.90 Å². The van der Waals surface area contributed by atoms with Crippen LogP contribution in [-0.4, -0.2) is 38.2 Å². The summed E-state index contributed by atoms with van der Waals surface area (Å²) in [6.07, 6.45) is 3.12. The molecule has 4 nitrogen and oxygen atoms in total. The first-order chi connectivity index (χ1) is 6.04. The van der Waals surface area contributed by atoms with Gasteiger partial charge in [0.15, 0.2) is 0 Å². The summed E-state index contributed by atoms with van der Waals surface area (Å²) in [5.41, 5.74) is 0. The molecule has 1 aliphatic heterocycles. The predicted molar refractivity (Wildman–Crippen MR) is 52.8 cm³/mol. The molecule has 0 aliphatic carbocycles. The second kappa shape index (κ2) is 4.21. The highest BCUT2D eigenvalue weighted by Gasteiger charge is 2.26. The number of hydrogen-bond donors (Lipinski definition) is 1. The van der Waals surface area contributed by atoms with Gasteiger partial charge in [-0.1, -0.05) is 6.08 Å². The summed E-state index contributed by atoms with van der Waals surface area (Å²) < 4.78 is 22.0. The fourth-order valence-corrected chi connectivity index (χ4v) is 2.47. The number of rotatable bonds is 3. The Morgan fingerprint density at radius 2 is 2.00 bits per heavy atom. The first kappa shape index (κ1) is 10.7. The Morgan fingerprint density at radius 1 is 1.46 bits per heavy atom. The van der Waals surface area contributed by atoms with Gasteiger partial charge in [-0.3, -0.25) is 4.90 Å². The second-order valence-corrected chi connectivity index (χ2v) is 5.22. The van der Waals surface area contributed by atoms with E-state index in [1.54, 1.807) is 0 Å². The molecule has 0 atom stereocenters. The predicted octanol–water partition coefficient (Wildman–Crippen LogP) is -0.0747. The van der Waals surface area contributed by atoms with Gasteiger partial charge in [0.05, 0.1) is 5.25 Å². The molecule has 0 aromatic rings. The first-order valence-electron chi connectivity index (χ1n) is 4.39.